The summed E-state index contributed by atoms with van der Waals surface area (Å²) in [6, 6.07) is 17.0. The molecule has 1 nitrogen and oxygen atoms in total. The van der Waals surface area contributed by atoms with E-state index in [-0.39, 0.29) is 0 Å². The summed E-state index contributed by atoms with van der Waals surface area (Å²) in [6.07, 6.45) is 1.86. The lowest BCUT2D eigenvalue weighted by molar-refractivity contribution is 0.487. The normalized spacial score (nSPS) is 11.3. The predicted molar refractivity (Wildman–Crippen MR) is 75.7 cm³/mol. The summed E-state index contributed by atoms with van der Waals surface area (Å²) in [4.78, 5) is 0. The predicted octanol–water partition coefficient (Wildman–Crippen LogP) is 5.22. The standard InChI is InChI=1S/C17H16O/c1-12(2)17-10-14(11-18-17)16-9-5-7-13-6-3-4-8-15(13)16/h3-12H,1-2H3. The van der Waals surface area contributed by atoms with E-state index in [0.717, 1.165) is 11.3 Å². The maximum atomic E-state index is 5.63. The van der Waals surface area contributed by atoms with E-state index in [4.69, 9.17) is 4.42 Å². The van der Waals surface area contributed by atoms with Crippen LogP contribution in [0.2, 0.25) is 0 Å². The summed E-state index contributed by atoms with van der Waals surface area (Å²) in [5.41, 5.74) is 2.40. The number of rotatable bonds is 2. The molecule has 0 amide bonds. The Morgan fingerprint density at radius 1 is 0.944 bits per heavy atom. The first-order valence-electron chi connectivity index (χ1n) is 6.32. The van der Waals surface area contributed by atoms with Crippen molar-refractivity contribution < 1.29 is 4.42 Å². The number of furan rings is 1. The average Bonchev–Trinajstić information content (AvgIpc) is 2.87. The maximum Gasteiger partial charge on any atom is 0.106 e. The lowest BCUT2D eigenvalue weighted by Gasteiger charge is -2.03. The van der Waals surface area contributed by atoms with Crippen molar-refractivity contribution >= 4 is 10.8 Å². The molecule has 1 heteroatoms. The van der Waals surface area contributed by atoms with Crippen molar-refractivity contribution in [1.82, 2.24) is 0 Å². The Labute approximate surface area is 107 Å². The molecule has 0 atom stereocenters. The second kappa shape index (κ2) is 4.34. The first-order valence-corrected chi connectivity index (χ1v) is 6.32. The molecular weight excluding hydrogens is 220 g/mol. The number of benzene rings is 2. The first kappa shape index (κ1) is 11.1. The summed E-state index contributed by atoms with van der Waals surface area (Å²) in [6.45, 7) is 4.29. The highest BCUT2D eigenvalue weighted by Gasteiger charge is 2.09. The number of hydrogen-bond donors (Lipinski definition) is 0. The molecule has 0 aliphatic carbocycles. The van der Waals surface area contributed by atoms with Crippen molar-refractivity contribution in [3.8, 4) is 11.1 Å². The molecule has 90 valence electrons. The van der Waals surface area contributed by atoms with Gasteiger partial charge in [-0.15, -0.1) is 0 Å². The van der Waals surface area contributed by atoms with Gasteiger partial charge in [-0.25, -0.2) is 0 Å². The van der Waals surface area contributed by atoms with Crippen molar-refractivity contribution in [1.29, 1.82) is 0 Å². The smallest absolute Gasteiger partial charge is 0.106 e. The van der Waals surface area contributed by atoms with E-state index in [1.54, 1.807) is 0 Å². The lowest BCUT2D eigenvalue weighted by Crippen LogP contribution is -1.81. The van der Waals surface area contributed by atoms with E-state index in [0.29, 0.717) is 5.92 Å². The van der Waals surface area contributed by atoms with Crippen LogP contribution in [0.15, 0.2) is 59.2 Å². The van der Waals surface area contributed by atoms with Gasteiger partial charge in [-0.1, -0.05) is 56.3 Å². The Hall–Kier alpha value is -2.02. The van der Waals surface area contributed by atoms with Gasteiger partial charge in [0.1, 0.15) is 5.76 Å². The minimum Gasteiger partial charge on any atom is -0.468 e. The molecule has 3 rings (SSSR count). The van der Waals surface area contributed by atoms with Gasteiger partial charge >= 0.3 is 0 Å². The maximum absolute atomic E-state index is 5.63. The van der Waals surface area contributed by atoms with E-state index >= 15 is 0 Å². The van der Waals surface area contributed by atoms with Gasteiger partial charge in [0.25, 0.3) is 0 Å². The van der Waals surface area contributed by atoms with Crippen LogP contribution in [0.3, 0.4) is 0 Å². The summed E-state index contributed by atoms with van der Waals surface area (Å²) < 4.78 is 5.63. The van der Waals surface area contributed by atoms with Gasteiger partial charge in [-0.2, -0.15) is 0 Å². The topological polar surface area (TPSA) is 13.1 Å². The zero-order valence-electron chi connectivity index (χ0n) is 10.7. The number of fused-ring (bicyclic) bond motifs is 1. The Balaban J connectivity index is 2.18. The van der Waals surface area contributed by atoms with E-state index < -0.39 is 0 Å². The summed E-state index contributed by atoms with van der Waals surface area (Å²) in [7, 11) is 0. The Morgan fingerprint density at radius 2 is 1.72 bits per heavy atom. The Bertz CT molecular complexity index is 671. The van der Waals surface area contributed by atoms with Gasteiger partial charge in [0.2, 0.25) is 0 Å². The zero-order chi connectivity index (χ0) is 12.5. The van der Waals surface area contributed by atoms with Crippen LogP contribution >= 0.6 is 0 Å². The lowest BCUT2D eigenvalue weighted by atomic mass is 9.99. The van der Waals surface area contributed by atoms with Crippen molar-refractivity contribution in [2.45, 2.75) is 19.8 Å². The Kier molecular flexibility index (Phi) is 2.67. The highest BCUT2D eigenvalue weighted by atomic mass is 16.3. The summed E-state index contributed by atoms with van der Waals surface area (Å²) in [5.74, 6) is 1.46. The molecular formula is C17H16O. The van der Waals surface area contributed by atoms with E-state index in [2.05, 4.69) is 62.4 Å². The third-order valence-corrected chi connectivity index (χ3v) is 3.29. The second-order valence-corrected chi connectivity index (χ2v) is 4.92. The minimum atomic E-state index is 0.425. The molecule has 0 saturated heterocycles. The van der Waals surface area contributed by atoms with Crippen molar-refractivity contribution in [3.05, 3.63) is 60.6 Å². The number of hydrogen-bond acceptors (Lipinski definition) is 1. The molecule has 18 heavy (non-hydrogen) atoms. The van der Waals surface area contributed by atoms with E-state index in [1.165, 1.54) is 16.3 Å². The SMILES string of the molecule is CC(C)c1cc(-c2cccc3ccccc23)co1. The molecule has 0 radical (unpaired) electrons. The second-order valence-electron chi connectivity index (χ2n) is 4.92. The first-order chi connectivity index (χ1) is 8.75. The molecule has 0 fully saturated rings. The van der Waals surface area contributed by atoms with Crippen LogP contribution < -0.4 is 0 Å². The van der Waals surface area contributed by atoms with Crippen LogP contribution in [0.4, 0.5) is 0 Å². The van der Waals surface area contributed by atoms with Crippen molar-refractivity contribution in [2.24, 2.45) is 0 Å². The zero-order valence-corrected chi connectivity index (χ0v) is 10.7. The van der Waals surface area contributed by atoms with Crippen molar-refractivity contribution in [3.63, 3.8) is 0 Å². The average molecular weight is 236 g/mol. The molecule has 2 aromatic carbocycles. The Morgan fingerprint density at radius 3 is 2.50 bits per heavy atom. The molecule has 1 heterocycles. The molecule has 0 N–H and O–H groups in total. The summed E-state index contributed by atoms with van der Waals surface area (Å²) >= 11 is 0. The van der Waals surface area contributed by atoms with Crippen LogP contribution in [-0.2, 0) is 0 Å². The van der Waals surface area contributed by atoms with Gasteiger partial charge in [0.05, 0.1) is 6.26 Å². The fourth-order valence-corrected chi connectivity index (χ4v) is 2.27. The van der Waals surface area contributed by atoms with E-state index in [9.17, 15) is 0 Å². The molecule has 0 aliphatic heterocycles. The molecule has 1 aromatic heterocycles. The molecule has 0 bridgehead atoms. The molecule has 0 unspecified atom stereocenters. The fraction of sp³-hybridized carbons (Fsp3) is 0.176. The fourth-order valence-electron chi connectivity index (χ4n) is 2.27. The quantitative estimate of drug-likeness (QED) is 0.594. The van der Waals surface area contributed by atoms with Gasteiger partial charge in [0.15, 0.2) is 0 Å². The van der Waals surface area contributed by atoms with Crippen LogP contribution in [0.25, 0.3) is 21.9 Å². The summed E-state index contributed by atoms with van der Waals surface area (Å²) in [5, 5.41) is 2.54. The molecule has 0 spiro atoms. The van der Waals surface area contributed by atoms with Gasteiger partial charge in [0, 0.05) is 11.5 Å². The van der Waals surface area contributed by atoms with Crippen molar-refractivity contribution in [2.75, 3.05) is 0 Å². The molecule has 3 aromatic rings. The largest absolute Gasteiger partial charge is 0.468 e. The van der Waals surface area contributed by atoms with E-state index in [1.807, 2.05) is 6.26 Å². The molecule has 0 aliphatic rings. The minimum absolute atomic E-state index is 0.425. The third kappa shape index (κ3) is 1.82. The van der Waals surface area contributed by atoms with Gasteiger partial charge in [-0.05, 0) is 22.4 Å². The molecule has 0 saturated carbocycles. The van der Waals surface area contributed by atoms with Crippen LogP contribution in [-0.4, -0.2) is 0 Å². The van der Waals surface area contributed by atoms with Gasteiger partial charge in [-0.3, -0.25) is 0 Å². The monoisotopic (exact) mass is 236 g/mol. The van der Waals surface area contributed by atoms with Gasteiger partial charge < -0.3 is 4.42 Å². The highest BCUT2D eigenvalue weighted by Crippen LogP contribution is 2.31. The van der Waals surface area contributed by atoms with Crippen LogP contribution in [0, 0.1) is 0 Å². The third-order valence-electron chi connectivity index (χ3n) is 3.29. The van der Waals surface area contributed by atoms with Crippen LogP contribution in [0.1, 0.15) is 25.5 Å². The van der Waals surface area contributed by atoms with Crippen LogP contribution in [0.5, 0.6) is 0 Å². The highest BCUT2D eigenvalue weighted by molar-refractivity contribution is 5.96.